The van der Waals surface area contributed by atoms with E-state index in [2.05, 4.69) is 20.9 Å². The Morgan fingerprint density at radius 1 is 1.56 bits per heavy atom. The van der Waals surface area contributed by atoms with E-state index in [-0.39, 0.29) is 0 Å². The van der Waals surface area contributed by atoms with Gasteiger partial charge in [0.1, 0.15) is 0 Å². The van der Waals surface area contributed by atoms with Crippen molar-refractivity contribution in [2.45, 2.75) is 19.2 Å². The minimum atomic E-state index is 0.935. The van der Waals surface area contributed by atoms with Gasteiger partial charge in [0, 0.05) is 10.2 Å². The zero-order valence-corrected chi connectivity index (χ0v) is 7.84. The van der Waals surface area contributed by atoms with E-state index >= 15 is 0 Å². The largest absolute Gasteiger partial charge is 0.247 e. The van der Waals surface area contributed by atoms with Gasteiger partial charge in [-0.15, -0.1) is 11.3 Å². The van der Waals surface area contributed by atoms with Gasteiger partial charge in [-0.3, -0.25) is 0 Å². The number of hydrogen-bond acceptors (Lipinski definition) is 2. The summed E-state index contributed by atoms with van der Waals surface area (Å²) in [6.45, 7) is 4.07. The molecule has 0 unspecified atom stereocenters. The molecule has 0 saturated heterocycles. The molecule has 9 heavy (non-hydrogen) atoms. The van der Waals surface area contributed by atoms with Crippen LogP contribution in [0.1, 0.15) is 15.6 Å². The summed E-state index contributed by atoms with van der Waals surface area (Å²) in [5, 5.41) is 2.09. The first-order valence-corrected chi connectivity index (χ1v) is 4.66. The van der Waals surface area contributed by atoms with Gasteiger partial charge in [-0.25, -0.2) is 4.98 Å². The van der Waals surface area contributed by atoms with Gasteiger partial charge in [-0.05, 0) is 13.8 Å². The SMILES string of the molecule is Cc1nc(C)c(CBr)s1. The van der Waals surface area contributed by atoms with E-state index < -0.39 is 0 Å². The predicted octanol–water partition coefficient (Wildman–Crippen LogP) is 2.65. The van der Waals surface area contributed by atoms with Crippen LogP contribution in [0.2, 0.25) is 0 Å². The van der Waals surface area contributed by atoms with E-state index in [0.29, 0.717) is 0 Å². The summed E-state index contributed by atoms with van der Waals surface area (Å²) in [6, 6.07) is 0. The topological polar surface area (TPSA) is 12.9 Å². The molecule has 0 aliphatic heterocycles. The molecule has 0 amide bonds. The zero-order chi connectivity index (χ0) is 6.85. The summed E-state index contributed by atoms with van der Waals surface area (Å²) < 4.78 is 0. The Hall–Kier alpha value is 0.110. The first-order valence-electron chi connectivity index (χ1n) is 2.73. The van der Waals surface area contributed by atoms with Crippen LogP contribution in [0.4, 0.5) is 0 Å². The maximum absolute atomic E-state index is 4.27. The summed E-state index contributed by atoms with van der Waals surface area (Å²) in [7, 11) is 0. The van der Waals surface area contributed by atoms with Crippen molar-refractivity contribution in [1.29, 1.82) is 0 Å². The molecule has 0 atom stereocenters. The lowest BCUT2D eigenvalue weighted by Gasteiger charge is -1.84. The van der Waals surface area contributed by atoms with Crippen LogP contribution < -0.4 is 0 Å². The van der Waals surface area contributed by atoms with Crippen molar-refractivity contribution < 1.29 is 0 Å². The van der Waals surface area contributed by atoms with E-state index in [4.69, 9.17) is 0 Å². The Morgan fingerprint density at radius 2 is 2.22 bits per heavy atom. The van der Waals surface area contributed by atoms with E-state index in [9.17, 15) is 0 Å². The maximum atomic E-state index is 4.27. The molecule has 0 spiro atoms. The van der Waals surface area contributed by atoms with Crippen molar-refractivity contribution in [3.8, 4) is 0 Å². The zero-order valence-electron chi connectivity index (χ0n) is 5.44. The number of nitrogens with zero attached hydrogens (tertiary/aromatic N) is 1. The molecular weight excluding hydrogens is 198 g/mol. The molecule has 0 saturated carbocycles. The molecular formula is C6H8BrNS. The fourth-order valence-electron chi connectivity index (χ4n) is 0.697. The summed E-state index contributed by atoms with van der Waals surface area (Å²) >= 11 is 5.15. The van der Waals surface area contributed by atoms with Crippen molar-refractivity contribution in [2.75, 3.05) is 0 Å². The van der Waals surface area contributed by atoms with Gasteiger partial charge in [0.2, 0.25) is 0 Å². The minimum absolute atomic E-state index is 0.935. The van der Waals surface area contributed by atoms with E-state index in [1.54, 1.807) is 11.3 Å². The molecule has 50 valence electrons. The molecule has 3 heteroatoms. The Labute approximate surface area is 67.3 Å². The molecule has 0 fully saturated rings. The van der Waals surface area contributed by atoms with Gasteiger partial charge >= 0.3 is 0 Å². The average Bonchev–Trinajstić information content (AvgIpc) is 2.10. The molecule has 1 aromatic rings. The number of thiazole rings is 1. The monoisotopic (exact) mass is 205 g/mol. The number of halogens is 1. The van der Waals surface area contributed by atoms with Crippen molar-refractivity contribution in [3.05, 3.63) is 15.6 Å². The Balaban J connectivity index is 3.01. The van der Waals surface area contributed by atoms with Gasteiger partial charge in [-0.2, -0.15) is 0 Å². The normalized spacial score (nSPS) is 10.1. The highest BCUT2D eigenvalue weighted by Crippen LogP contribution is 2.19. The lowest BCUT2D eigenvalue weighted by Crippen LogP contribution is -1.75. The number of hydrogen-bond donors (Lipinski definition) is 0. The van der Waals surface area contributed by atoms with Crippen LogP contribution in [0.5, 0.6) is 0 Å². The van der Waals surface area contributed by atoms with Crippen LogP contribution in [-0.4, -0.2) is 4.98 Å². The molecule has 0 aliphatic carbocycles. The summed E-state index contributed by atoms with van der Waals surface area (Å²) in [6.07, 6.45) is 0. The van der Waals surface area contributed by atoms with Gasteiger partial charge in [-0.1, -0.05) is 15.9 Å². The number of aromatic nitrogens is 1. The van der Waals surface area contributed by atoms with Crippen molar-refractivity contribution >= 4 is 27.3 Å². The fourth-order valence-corrected chi connectivity index (χ4v) is 2.23. The molecule has 1 heterocycles. The van der Waals surface area contributed by atoms with Crippen molar-refractivity contribution in [3.63, 3.8) is 0 Å². The first-order chi connectivity index (χ1) is 4.24. The quantitative estimate of drug-likeness (QED) is 0.643. The highest BCUT2D eigenvalue weighted by Gasteiger charge is 2.00. The summed E-state index contributed by atoms with van der Waals surface area (Å²) in [5.41, 5.74) is 1.16. The van der Waals surface area contributed by atoms with Crippen molar-refractivity contribution in [2.24, 2.45) is 0 Å². The molecule has 0 aliphatic rings. The van der Waals surface area contributed by atoms with E-state index in [1.807, 2.05) is 13.8 Å². The molecule has 1 nitrogen and oxygen atoms in total. The molecule has 0 aromatic carbocycles. The number of alkyl halides is 1. The lowest BCUT2D eigenvalue weighted by atomic mass is 10.4. The number of aryl methyl sites for hydroxylation is 2. The summed E-state index contributed by atoms with van der Waals surface area (Å²) in [4.78, 5) is 5.61. The van der Waals surface area contributed by atoms with Crippen LogP contribution in [0, 0.1) is 13.8 Å². The third-order valence-corrected chi connectivity index (χ3v) is 3.13. The molecule has 1 aromatic heterocycles. The van der Waals surface area contributed by atoms with E-state index in [0.717, 1.165) is 16.0 Å². The molecule has 0 radical (unpaired) electrons. The average molecular weight is 206 g/mol. The maximum Gasteiger partial charge on any atom is 0.0900 e. The second kappa shape index (κ2) is 2.80. The predicted molar refractivity (Wildman–Crippen MR) is 44.2 cm³/mol. The van der Waals surface area contributed by atoms with Crippen LogP contribution >= 0.6 is 27.3 Å². The molecule has 0 bridgehead atoms. The van der Waals surface area contributed by atoms with Crippen LogP contribution in [0.25, 0.3) is 0 Å². The Kier molecular flexibility index (Phi) is 2.24. The summed E-state index contributed by atoms with van der Waals surface area (Å²) in [5.74, 6) is 0. The molecule has 0 N–H and O–H groups in total. The standard InChI is InChI=1S/C6H8BrNS/c1-4-6(3-7)9-5(2)8-4/h3H2,1-2H3. The minimum Gasteiger partial charge on any atom is -0.247 e. The Bertz CT molecular complexity index is 207. The second-order valence-electron chi connectivity index (χ2n) is 1.88. The van der Waals surface area contributed by atoms with E-state index in [1.165, 1.54) is 4.88 Å². The van der Waals surface area contributed by atoms with Crippen LogP contribution in [0.15, 0.2) is 0 Å². The van der Waals surface area contributed by atoms with Crippen LogP contribution in [-0.2, 0) is 5.33 Å². The van der Waals surface area contributed by atoms with Gasteiger partial charge < -0.3 is 0 Å². The lowest BCUT2D eigenvalue weighted by molar-refractivity contribution is 1.17. The second-order valence-corrected chi connectivity index (χ2v) is 3.72. The highest BCUT2D eigenvalue weighted by atomic mass is 79.9. The van der Waals surface area contributed by atoms with Gasteiger partial charge in [0.05, 0.1) is 10.7 Å². The van der Waals surface area contributed by atoms with Crippen molar-refractivity contribution in [1.82, 2.24) is 4.98 Å². The third-order valence-electron chi connectivity index (χ3n) is 1.12. The van der Waals surface area contributed by atoms with Crippen LogP contribution in [0.3, 0.4) is 0 Å². The smallest absolute Gasteiger partial charge is 0.0900 e. The van der Waals surface area contributed by atoms with Gasteiger partial charge in [0.15, 0.2) is 0 Å². The molecule has 1 rings (SSSR count). The fraction of sp³-hybridized carbons (Fsp3) is 0.500. The first kappa shape index (κ1) is 7.22. The third kappa shape index (κ3) is 1.52. The van der Waals surface area contributed by atoms with Gasteiger partial charge in [0.25, 0.3) is 0 Å². The number of rotatable bonds is 1. The Morgan fingerprint density at radius 3 is 2.44 bits per heavy atom. The highest BCUT2D eigenvalue weighted by molar-refractivity contribution is 9.08.